The molecule has 0 aliphatic rings. The lowest BCUT2D eigenvalue weighted by atomic mass is 10.2. The summed E-state index contributed by atoms with van der Waals surface area (Å²) in [6.45, 7) is -0.151. The predicted octanol–water partition coefficient (Wildman–Crippen LogP) is 3.44. The number of halogens is 3. The second-order valence-corrected chi connectivity index (χ2v) is 5.03. The molecule has 16 heavy (non-hydrogen) atoms. The molecule has 0 saturated carbocycles. The van der Waals surface area contributed by atoms with Gasteiger partial charge in [-0.25, -0.2) is 8.78 Å². The van der Waals surface area contributed by atoms with Crippen molar-refractivity contribution in [3.05, 3.63) is 20.8 Å². The zero-order chi connectivity index (χ0) is 12.0. The minimum atomic E-state index is -2.39. The van der Waals surface area contributed by atoms with E-state index in [0.29, 0.717) is 13.0 Å². The van der Waals surface area contributed by atoms with Gasteiger partial charge in [-0.05, 0) is 40.8 Å². The Kier molecular flexibility index (Phi) is 6.41. The van der Waals surface area contributed by atoms with Gasteiger partial charge in [-0.1, -0.05) is 0 Å². The number of nitrogens with one attached hydrogen (secondary N) is 1. The molecule has 1 N–H and O–H groups in total. The number of thiophene rings is 1. The third kappa shape index (κ3) is 4.45. The first-order chi connectivity index (χ1) is 7.65. The second kappa shape index (κ2) is 7.32. The fraction of sp³-hybridized carbons (Fsp3) is 0.600. The van der Waals surface area contributed by atoms with Crippen LogP contribution in [0.3, 0.4) is 0 Å². The van der Waals surface area contributed by atoms with Crippen LogP contribution < -0.4 is 5.32 Å². The van der Waals surface area contributed by atoms with Gasteiger partial charge in [0.2, 0.25) is 0 Å². The van der Waals surface area contributed by atoms with Gasteiger partial charge in [-0.2, -0.15) is 0 Å². The Morgan fingerprint density at radius 3 is 2.81 bits per heavy atom. The van der Waals surface area contributed by atoms with Gasteiger partial charge >= 0.3 is 0 Å². The van der Waals surface area contributed by atoms with Crippen molar-refractivity contribution in [1.82, 2.24) is 5.32 Å². The molecule has 0 amide bonds. The maximum absolute atomic E-state index is 11.8. The molecule has 0 bridgehead atoms. The summed E-state index contributed by atoms with van der Waals surface area (Å²) < 4.78 is 29.6. The van der Waals surface area contributed by atoms with E-state index >= 15 is 0 Å². The molecule has 1 unspecified atom stereocenters. The van der Waals surface area contributed by atoms with Crippen molar-refractivity contribution in [1.29, 1.82) is 0 Å². The van der Waals surface area contributed by atoms with Crippen LogP contribution in [0, 0.1) is 0 Å². The van der Waals surface area contributed by atoms with E-state index in [-0.39, 0.29) is 6.04 Å². The van der Waals surface area contributed by atoms with Gasteiger partial charge in [0, 0.05) is 22.0 Å². The van der Waals surface area contributed by atoms with E-state index in [1.165, 1.54) is 4.88 Å². The maximum atomic E-state index is 11.8. The molecule has 0 saturated heterocycles. The summed E-state index contributed by atoms with van der Waals surface area (Å²) >= 11 is 5.08. The quantitative estimate of drug-likeness (QED) is 0.779. The highest BCUT2D eigenvalue weighted by Crippen LogP contribution is 2.30. The Hall–Kier alpha value is -0.0400. The Morgan fingerprint density at radius 1 is 1.56 bits per heavy atom. The molecule has 0 fully saturated rings. The zero-order valence-electron chi connectivity index (χ0n) is 8.88. The first-order valence-electron chi connectivity index (χ1n) is 4.91. The lowest BCUT2D eigenvalue weighted by molar-refractivity contribution is 0.0146. The van der Waals surface area contributed by atoms with Crippen LogP contribution in [0.25, 0.3) is 0 Å². The van der Waals surface area contributed by atoms with E-state index in [1.54, 1.807) is 11.3 Å². The largest absolute Gasteiger partial charge is 0.375 e. The number of hydrogen-bond donors (Lipinski definition) is 1. The van der Waals surface area contributed by atoms with Crippen LogP contribution in [0.1, 0.15) is 17.3 Å². The summed E-state index contributed by atoms with van der Waals surface area (Å²) in [5.41, 5.74) is 0. The van der Waals surface area contributed by atoms with Gasteiger partial charge in [0.1, 0.15) is 6.61 Å². The van der Waals surface area contributed by atoms with Crippen LogP contribution in [0.4, 0.5) is 8.78 Å². The van der Waals surface area contributed by atoms with Crippen molar-refractivity contribution >= 4 is 27.3 Å². The van der Waals surface area contributed by atoms with Crippen LogP contribution in [0.5, 0.6) is 0 Å². The SMILES string of the molecule is CNC(CCOCC(F)F)c1sccc1Br. The molecule has 0 aliphatic heterocycles. The lowest BCUT2D eigenvalue weighted by Crippen LogP contribution is -2.18. The van der Waals surface area contributed by atoms with Gasteiger partial charge in [-0.15, -0.1) is 11.3 Å². The molecule has 6 heteroatoms. The average Bonchev–Trinajstić information content (AvgIpc) is 2.65. The van der Waals surface area contributed by atoms with Crippen molar-refractivity contribution in [3.63, 3.8) is 0 Å². The maximum Gasteiger partial charge on any atom is 0.261 e. The smallest absolute Gasteiger partial charge is 0.261 e. The minimum absolute atomic E-state index is 0.145. The van der Waals surface area contributed by atoms with Gasteiger partial charge < -0.3 is 10.1 Å². The Balaban J connectivity index is 2.36. The minimum Gasteiger partial charge on any atom is -0.375 e. The molecule has 0 radical (unpaired) electrons. The molecule has 1 heterocycles. The summed E-state index contributed by atoms with van der Waals surface area (Å²) in [6.07, 6.45) is -1.70. The Labute approximate surface area is 106 Å². The highest BCUT2D eigenvalue weighted by atomic mass is 79.9. The predicted molar refractivity (Wildman–Crippen MR) is 65.3 cm³/mol. The highest BCUT2D eigenvalue weighted by Gasteiger charge is 2.14. The standard InChI is InChI=1S/C10H14BrF2NOS/c1-14-8(2-4-15-6-9(12)13)10-7(11)3-5-16-10/h3,5,8-9,14H,2,4,6H2,1H3. The molecule has 1 aromatic heterocycles. The highest BCUT2D eigenvalue weighted by molar-refractivity contribution is 9.10. The zero-order valence-corrected chi connectivity index (χ0v) is 11.3. The van der Waals surface area contributed by atoms with E-state index in [9.17, 15) is 8.78 Å². The molecule has 1 atom stereocenters. The van der Waals surface area contributed by atoms with Crippen LogP contribution >= 0.6 is 27.3 Å². The second-order valence-electron chi connectivity index (χ2n) is 3.23. The van der Waals surface area contributed by atoms with E-state index in [0.717, 1.165) is 4.47 Å². The van der Waals surface area contributed by atoms with Crippen molar-refractivity contribution in [2.75, 3.05) is 20.3 Å². The first kappa shape index (κ1) is 14.0. The summed E-state index contributed by atoms with van der Waals surface area (Å²) in [6, 6.07) is 2.12. The van der Waals surface area contributed by atoms with Crippen molar-refractivity contribution in [3.8, 4) is 0 Å². The number of hydrogen-bond acceptors (Lipinski definition) is 3. The molecule has 2 nitrogen and oxygen atoms in total. The Bertz CT molecular complexity index is 309. The summed E-state index contributed by atoms with van der Waals surface area (Å²) in [5, 5.41) is 5.14. The topological polar surface area (TPSA) is 21.3 Å². The number of alkyl halides is 2. The monoisotopic (exact) mass is 313 g/mol. The van der Waals surface area contributed by atoms with Crippen LogP contribution in [-0.4, -0.2) is 26.7 Å². The van der Waals surface area contributed by atoms with E-state index < -0.39 is 13.0 Å². The molecule has 0 aromatic carbocycles. The molecule has 0 aliphatic carbocycles. The number of rotatable bonds is 7. The van der Waals surface area contributed by atoms with Crippen LogP contribution in [0.2, 0.25) is 0 Å². The molecule has 1 aromatic rings. The van der Waals surface area contributed by atoms with E-state index in [2.05, 4.69) is 21.2 Å². The lowest BCUT2D eigenvalue weighted by Gasteiger charge is -2.15. The average molecular weight is 314 g/mol. The molecule has 1 rings (SSSR count). The van der Waals surface area contributed by atoms with E-state index in [4.69, 9.17) is 4.74 Å². The van der Waals surface area contributed by atoms with Crippen molar-refractivity contribution in [2.24, 2.45) is 0 Å². The third-order valence-corrected chi connectivity index (χ3v) is 4.09. The van der Waals surface area contributed by atoms with Crippen molar-refractivity contribution < 1.29 is 13.5 Å². The molecular formula is C10H14BrF2NOS. The fourth-order valence-electron chi connectivity index (χ4n) is 1.33. The molecule has 92 valence electrons. The molecule has 0 spiro atoms. The first-order valence-corrected chi connectivity index (χ1v) is 6.58. The number of ether oxygens (including phenoxy) is 1. The third-order valence-electron chi connectivity index (χ3n) is 2.10. The van der Waals surface area contributed by atoms with Gasteiger partial charge in [0.15, 0.2) is 0 Å². The summed E-state index contributed by atoms with van der Waals surface area (Å²) in [7, 11) is 1.85. The Morgan fingerprint density at radius 2 is 2.31 bits per heavy atom. The van der Waals surface area contributed by atoms with Crippen molar-refractivity contribution in [2.45, 2.75) is 18.9 Å². The van der Waals surface area contributed by atoms with Crippen LogP contribution in [-0.2, 0) is 4.74 Å². The molecular weight excluding hydrogens is 300 g/mol. The normalized spacial score (nSPS) is 13.3. The summed E-state index contributed by atoms with van der Waals surface area (Å²) in [4.78, 5) is 1.17. The van der Waals surface area contributed by atoms with Crippen LogP contribution in [0.15, 0.2) is 15.9 Å². The van der Waals surface area contributed by atoms with Gasteiger partial charge in [0.25, 0.3) is 6.43 Å². The summed E-state index contributed by atoms with van der Waals surface area (Å²) in [5.74, 6) is 0. The fourth-order valence-corrected chi connectivity index (χ4v) is 3.13. The van der Waals surface area contributed by atoms with E-state index in [1.807, 2.05) is 18.5 Å². The van der Waals surface area contributed by atoms with Gasteiger partial charge in [-0.3, -0.25) is 0 Å². The van der Waals surface area contributed by atoms with Gasteiger partial charge in [0.05, 0.1) is 0 Å².